The average molecular weight is 190 g/mol. The normalized spacial score (nSPS) is 22.8. The molecule has 0 saturated carbocycles. The molecule has 0 aromatic carbocycles. The Hall–Kier alpha value is -0.220. The number of hydrogen-bond acceptors (Lipinski definition) is 3. The van der Waals surface area contributed by atoms with Crippen LogP contribution in [0.2, 0.25) is 0 Å². The molecular formula is C8H14O3S. The van der Waals surface area contributed by atoms with Crippen molar-refractivity contribution >= 4 is 17.7 Å². The van der Waals surface area contributed by atoms with Crippen molar-refractivity contribution in [3.8, 4) is 0 Å². The van der Waals surface area contributed by atoms with E-state index in [0.717, 1.165) is 31.1 Å². The van der Waals surface area contributed by atoms with Crippen molar-refractivity contribution < 1.29 is 14.6 Å². The predicted octanol–water partition coefficient (Wildman–Crippen LogP) is 1.23. The molecule has 1 rings (SSSR count). The second-order valence-corrected chi connectivity index (χ2v) is 4.10. The minimum Gasteiger partial charge on any atom is -0.481 e. The third-order valence-corrected chi connectivity index (χ3v) is 3.04. The Bertz CT molecular complexity index is 143. The molecule has 0 radical (unpaired) electrons. The summed E-state index contributed by atoms with van der Waals surface area (Å²) < 4.78 is 5.21. The average Bonchev–Trinajstić information content (AvgIpc) is 2.49. The van der Waals surface area contributed by atoms with Gasteiger partial charge in [0.2, 0.25) is 0 Å². The van der Waals surface area contributed by atoms with E-state index in [2.05, 4.69) is 0 Å². The molecule has 3 nitrogen and oxygen atoms in total. The smallest absolute Gasteiger partial charge is 0.304 e. The zero-order valence-corrected chi connectivity index (χ0v) is 7.81. The van der Waals surface area contributed by atoms with Crippen LogP contribution in [0.25, 0.3) is 0 Å². The van der Waals surface area contributed by atoms with Crippen LogP contribution in [-0.2, 0) is 9.53 Å². The second-order valence-electron chi connectivity index (χ2n) is 2.95. The molecule has 1 aliphatic heterocycles. The monoisotopic (exact) mass is 190 g/mol. The number of ether oxygens (including phenoxy) is 1. The first kappa shape index (κ1) is 9.86. The summed E-state index contributed by atoms with van der Waals surface area (Å²) in [7, 11) is 0. The van der Waals surface area contributed by atoms with Crippen molar-refractivity contribution in [2.45, 2.75) is 12.8 Å². The standard InChI is InChI=1S/C8H14O3S/c9-8(10)2-4-12-6-7-1-3-11-5-7/h7H,1-6H2,(H,9,10). The maximum atomic E-state index is 10.2. The van der Waals surface area contributed by atoms with Gasteiger partial charge < -0.3 is 9.84 Å². The number of aliphatic carboxylic acids is 1. The van der Waals surface area contributed by atoms with Gasteiger partial charge in [0.1, 0.15) is 0 Å². The molecule has 70 valence electrons. The topological polar surface area (TPSA) is 46.5 Å². The highest BCUT2D eigenvalue weighted by Crippen LogP contribution is 2.18. The fraction of sp³-hybridized carbons (Fsp3) is 0.875. The Morgan fingerprint density at radius 1 is 1.67 bits per heavy atom. The highest BCUT2D eigenvalue weighted by molar-refractivity contribution is 7.99. The molecule has 1 heterocycles. The van der Waals surface area contributed by atoms with E-state index in [-0.39, 0.29) is 6.42 Å². The number of rotatable bonds is 5. The van der Waals surface area contributed by atoms with Gasteiger partial charge in [0.05, 0.1) is 13.0 Å². The molecule has 1 saturated heterocycles. The van der Waals surface area contributed by atoms with Gasteiger partial charge in [-0.2, -0.15) is 11.8 Å². The van der Waals surface area contributed by atoms with Crippen molar-refractivity contribution in [3.63, 3.8) is 0 Å². The maximum absolute atomic E-state index is 10.2. The summed E-state index contributed by atoms with van der Waals surface area (Å²) in [6.07, 6.45) is 1.41. The number of carboxylic acids is 1. The molecule has 0 aliphatic carbocycles. The molecule has 1 N–H and O–H groups in total. The van der Waals surface area contributed by atoms with Crippen molar-refractivity contribution in [2.75, 3.05) is 24.7 Å². The molecule has 4 heteroatoms. The first-order chi connectivity index (χ1) is 5.79. The highest BCUT2D eigenvalue weighted by Gasteiger charge is 2.14. The van der Waals surface area contributed by atoms with Crippen LogP contribution in [0.4, 0.5) is 0 Å². The SMILES string of the molecule is O=C(O)CCSCC1CCOC1. The van der Waals surface area contributed by atoms with Gasteiger partial charge in [0, 0.05) is 12.4 Å². The van der Waals surface area contributed by atoms with Crippen LogP contribution in [0.3, 0.4) is 0 Å². The van der Waals surface area contributed by atoms with E-state index in [1.165, 1.54) is 0 Å². The van der Waals surface area contributed by atoms with Crippen molar-refractivity contribution in [2.24, 2.45) is 5.92 Å². The molecular weight excluding hydrogens is 176 g/mol. The van der Waals surface area contributed by atoms with Gasteiger partial charge in [-0.15, -0.1) is 0 Å². The summed E-state index contributed by atoms with van der Waals surface area (Å²) in [5, 5.41) is 8.37. The largest absolute Gasteiger partial charge is 0.481 e. The van der Waals surface area contributed by atoms with E-state index >= 15 is 0 Å². The molecule has 0 aromatic heterocycles. The lowest BCUT2D eigenvalue weighted by atomic mass is 10.2. The lowest BCUT2D eigenvalue weighted by Gasteiger charge is -2.04. The van der Waals surface area contributed by atoms with Gasteiger partial charge in [-0.3, -0.25) is 4.79 Å². The van der Waals surface area contributed by atoms with Crippen molar-refractivity contribution in [1.82, 2.24) is 0 Å². The maximum Gasteiger partial charge on any atom is 0.304 e. The first-order valence-corrected chi connectivity index (χ1v) is 5.32. The Balaban J connectivity index is 1.91. The summed E-state index contributed by atoms with van der Waals surface area (Å²) in [6.45, 7) is 1.74. The van der Waals surface area contributed by atoms with Crippen molar-refractivity contribution in [3.05, 3.63) is 0 Å². The van der Waals surface area contributed by atoms with Gasteiger partial charge in [0.25, 0.3) is 0 Å². The molecule has 1 aliphatic rings. The second kappa shape index (κ2) is 5.43. The van der Waals surface area contributed by atoms with Gasteiger partial charge in [-0.1, -0.05) is 0 Å². The zero-order chi connectivity index (χ0) is 8.81. The van der Waals surface area contributed by atoms with Crippen LogP contribution in [0.1, 0.15) is 12.8 Å². The summed E-state index contributed by atoms with van der Waals surface area (Å²) in [6, 6.07) is 0. The lowest BCUT2D eigenvalue weighted by Crippen LogP contribution is -2.04. The molecule has 12 heavy (non-hydrogen) atoms. The molecule has 0 spiro atoms. The number of carboxylic acid groups (broad SMARTS) is 1. The third kappa shape index (κ3) is 3.97. The van der Waals surface area contributed by atoms with Crippen LogP contribution in [0.15, 0.2) is 0 Å². The van der Waals surface area contributed by atoms with Crippen LogP contribution >= 0.6 is 11.8 Å². The fourth-order valence-electron chi connectivity index (χ4n) is 1.12. The summed E-state index contributed by atoms with van der Waals surface area (Å²) in [4.78, 5) is 10.2. The van der Waals surface area contributed by atoms with Crippen LogP contribution in [0, 0.1) is 5.92 Å². The molecule has 1 fully saturated rings. The van der Waals surface area contributed by atoms with Crippen LogP contribution < -0.4 is 0 Å². The lowest BCUT2D eigenvalue weighted by molar-refractivity contribution is -0.136. The summed E-state index contributed by atoms with van der Waals surface area (Å²) in [5.74, 6) is 1.73. The molecule has 1 atom stereocenters. The van der Waals surface area contributed by atoms with Gasteiger partial charge >= 0.3 is 5.97 Å². The van der Waals surface area contributed by atoms with Crippen LogP contribution in [0.5, 0.6) is 0 Å². The van der Waals surface area contributed by atoms with Crippen LogP contribution in [-0.4, -0.2) is 35.8 Å². The number of hydrogen-bond donors (Lipinski definition) is 1. The van der Waals surface area contributed by atoms with E-state index < -0.39 is 5.97 Å². The predicted molar refractivity (Wildman–Crippen MR) is 48.5 cm³/mol. The highest BCUT2D eigenvalue weighted by atomic mass is 32.2. The Morgan fingerprint density at radius 2 is 2.50 bits per heavy atom. The fourth-order valence-corrected chi connectivity index (χ4v) is 2.21. The van der Waals surface area contributed by atoms with Gasteiger partial charge in [0.15, 0.2) is 0 Å². The first-order valence-electron chi connectivity index (χ1n) is 4.16. The number of thioether (sulfide) groups is 1. The van der Waals surface area contributed by atoms with Gasteiger partial charge in [-0.25, -0.2) is 0 Å². The van der Waals surface area contributed by atoms with E-state index in [0.29, 0.717) is 5.92 Å². The molecule has 0 bridgehead atoms. The third-order valence-electron chi connectivity index (χ3n) is 1.84. The Labute approximate surface area is 76.5 Å². The molecule has 0 amide bonds. The zero-order valence-electron chi connectivity index (χ0n) is 6.99. The quantitative estimate of drug-likeness (QED) is 0.662. The summed E-state index contributed by atoms with van der Waals surface area (Å²) in [5.41, 5.74) is 0. The van der Waals surface area contributed by atoms with E-state index in [1.807, 2.05) is 0 Å². The van der Waals surface area contributed by atoms with Gasteiger partial charge in [-0.05, 0) is 18.1 Å². The molecule has 1 unspecified atom stereocenters. The Kier molecular flexibility index (Phi) is 4.46. The number of carbonyl (C=O) groups is 1. The van der Waals surface area contributed by atoms with E-state index in [4.69, 9.17) is 9.84 Å². The van der Waals surface area contributed by atoms with Crippen molar-refractivity contribution in [1.29, 1.82) is 0 Å². The van der Waals surface area contributed by atoms with E-state index in [1.54, 1.807) is 11.8 Å². The summed E-state index contributed by atoms with van der Waals surface area (Å²) >= 11 is 1.72. The minimum absolute atomic E-state index is 0.276. The minimum atomic E-state index is -0.704. The molecule has 0 aromatic rings. The Morgan fingerprint density at radius 3 is 3.08 bits per heavy atom. The van der Waals surface area contributed by atoms with E-state index in [9.17, 15) is 4.79 Å².